The fraction of sp³-hybridized carbons (Fsp3) is 0.263. The van der Waals surface area contributed by atoms with E-state index < -0.39 is 27.3 Å². The molecule has 0 fully saturated rings. The number of sulfone groups is 1. The number of nitrogens with zero attached hydrogens (tertiary/aromatic N) is 2. The van der Waals surface area contributed by atoms with Crippen LogP contribution in [0.4, 0.5) is 4.39 Å². The lowest BCUT2D eigenvalue weighted by Gasteiger charge is -2.05. The van der Waals surface area contributed by atoms with Gasteiger partial charge in [-0.15, -0.1) is 0 Å². The number of hydrogen-bond donors (Lipinski definition) is 0. The lowest BCUT2D eigenvalue weighted by molar-refractivity contribution is -0.115. The number of hydrogen-bond acceptors (Lipinski definition) is 6. The Morgan fingerprint density at radius 1 is 1.24 bits per heavy atom. The van der Waals surface area contributed by atoms with Crippen LogP contribution in [-0.2, 0) is 21.2 Å². The number of amides is 1. The molecule has 154 valence electrons. The number of aromatic nitrogens is 1. The Morgan fingerprint density at radius 3 is 2.62 bits per heavy atom. The smallest absolute Gasteiger partial charge is 0.263 e. The van der Waals surface area contributed by atoms with E-state index >= 15 is 0 Å². The minimum absolute atomic E-state index is 0.112. The van der Waals surface area contributed by atoms with Gasteiger partial charge in [-0.1, -0.05) is 11.3 Å². The van der Waals surface area contributed by atoms with Gasteiger partial charge in [0.15, 0.2) is 14.6 Å². The van der Waals surface area contributed by atoms with E-state index in [1.807, 2.05) is 29.0 Å². The number of rotatable bonds is 7. The van der Waals surface area contributed by atoms with Gasteiger partial charge in [0.25, 0.3) is 5.91 Å². The van der Waals surface area contributed by atoms with Crippen LogP contribution in [0, 0.1) is 5.82 Å². The molecule has 0 saturated heterocycles. The number of ether oxygens (including phenoxy) is 1. The highest BCUT2D eigenvalue weighted by Crippen LogP contribution is 2.23. The molecule has 0 unspecified atom stereocenters. The van der Waals surface area contributed by atoms with Gasteiger partial charge in [-0.25, -0.2) is 12.8 Å². The summed E-state index contributed by atoms with van der Waals surface area (Å²) < 4.78 is 45.9. The van der Waals surface area contributed by atoms with E-state index in [1.165, 1.54) is 11.3 Å². The van der Waals surface area contributed by atoms with Crippen molar-refractivity contribution in [1.29, 1.82) is 0 Å². The van der Waals surface area contributed by atoms with E-state index in [9.17, 15) is 17.6 Å². The van der Waals surface area contributed by atoms with Crippen molar-refractivity contribution in [2.45, 2.75) is 11.4 Å². The summed E-state index contributed by atoms with van der Waals surface area (Å²) in [5.74, 6) is -0.597. The van der Waals surface area contributed by atoms with Gasteiger partial charge < -0.3 is 9.30 Å². The molecule has 6 nitrogen and oxygen atoms in total. The van der Waals surface area contributed by atoms with E-state index in [1.54, 1.807) is 18.9 Å². The highest BCUT2D eigenvalue weighted by atomic mass is 32.2. The molecule has 0 saturated carbocycles. The van der Waals surface area contributed by atoms with Crippen molar-refractivity contribution in [3.05, 3.63) is 53.1 Å². The number of thiazole rings is 1. The molecule has 0 spiro atoms. The predicted molar refractivity (Wildman–Crippen MR) is 114 cm³/mol. The van der Waals surface area contributed by atoms with Crippen LogP contribution in [0.3, 0.4) is 0 Å². The number of carbonyl (C=O) groups excluding carboxylic acids is 1. The molecule has 0 atom stereocenters. The molecule has 0 aliphatic rings. The molecule has 0 N–H and O–H groups in total. The number of thioether (sulfide) groups is 1. The second-order valence-electron chi connectivity index (χ2n) is 6.08. The summed E-state index contributed by atoms with van der Waals surface area (Å²) in [6.07, 6.45) is 1.98. The Kier molecular flexibility index (Phi) is 6.76. The third-order valence-corrected chi connectivity index (χ3v) is 7.36. The molecule has 3 rings (SSSR count). The zero-order valence-electron chi connectivity index (χ0n) is 15.8. The first-order valence-corrected chi connectivity index (χ1v) is 12.4. The summed E-state index contributed by atoms with van der Waals surface area (Å²) in [6, 6.07) is 9.95. The first-order valence-electron chi connectivity index (χ1n) is 8.56. The van der Waals surface area contributed by atoms with Crippen molar-refractivity contribution in [3.8, 4) is 5.75 Å². The van der Waals surface area contributed by atoms with Gasteiger partial charge in [-0.05, 0) is 48.7 Å². The van der Waals surface area contributed by atoms with E-state index in [2.05, 4.69) is 4.99 Å². The molecular weight excluding hydrogens is 435 g/mol. The maximum atomic E-state index is 13.0. The molecule has 3 aromatic rings. The monoisotopic (exact) mass is 454 g/mol. The van der Waals surface area contributed by atoms with Crippen LogP contribution in [0.1, 0.15) is 0 Å². The van der Waals surface area contributed by atoms with Crippen LogP contribution in [-0.4, -0.2) is 43.8 Å². The molecule has 1 amide bonds. The van der Waals surface area contributed by atoms with Crippen molar-refractivity contribution in [3.63, 3.8) is 0 Å². The first-order chi connectivity index (χ1) is 13.8. The van der Waals surface area contributed by atoms with Gasteiger partial charge in [-0.2, -0.15) is 16.8 Å². The SMILES string of the molecule is COc1ccc2c(c1)sc(=NC(=O)CS(=O)(=O)c1ccc(F)cc1)n2CCSC. The molecule has 10 heteroatoms. The Balaban J connectivity index is 1.97. The van der Waals surface area contributed by atoms with Crippen molar-refractivity contribution >= 4 is 49.1 Å². The van der Waals surface area contributed by atoms with Crippen molar-refractivity contribution < 1.29 is 22.3 Å². The van der Waals surface area contributed by atoms with Gasteiger partial charge in [0.05, 0.1) is 22.2 Å². The molecule has 1 heterocycles. The minimum Gasteiger partial charge on any atom is -0.497 e. The second kappa shape index (κ2) is 9.10. The summed E-state index contributed by atoms with van der Waals surface area (Å²) in [5.41, 5.74) is 0.901. The number of carbonyl (C=O) groups is 1. The van der Waals surface area contributed by atoms with Crippen molar-refractivity contribution in [1.82, 2.24) is 4.57 Å². The van der Waals surface area contributed by atoms with Crippen molar-refractivity contribution in [2.24, 2.45) is 4.99 Å². The summed E-state index contributed by atoms with van der Waals surface area (Å²) in [5, 5.41) is 0. The second-order valence-corrected chi connectivity index (χ2v) is 10.1. The average molecular weight is 455 g/mol. The van der Waals surface area contributed by atoms with Crippen LogP contribution < -0.4 is 9.54 Å². The molecule has 0 bridgehead atoms. The molecule has 29 heavy (non-hydrogen) atoms. The number of fused-ring (bicyclic) bond motifs is 1. The largest absolute Gasteiger partial charge is 0.497 e. The Bertz CT molecular complexity index is 1200. The maximum Gasteiger partial charge on any atom is 0.263 e. The fourth-order valence-electron chi connectivity index (χ4n) is 2.69. The molecule has 0 aliphatic heterocycles. The van der Waals surface area contributed by atoms with Crippen LogP contribution >= 0.6 is 23.1 Å². The number of methoxy groups -OCH3 is 1. The Hall–Kier alpha value is -2.17. The normalized spacial score (nSPS) is 12.4. The Labute approximate surface area is 176 Å². The van der Waals surface area contributed by atoms with Gasteiger partial charge >= 0.3 is 0 Å². The molecule has 0 aliphatic carbocycles. The fourth-order valence-corrected chi connectivity index (χ4v) is 5.27. The lowest BCUT2D eigenvalue weighted by atomic mass is 10.3. The van der Waals surface area contributed by atoms with Crippen LogP contribution in [0.25, 0.3) is 10.2 Å². The topological polar surface area (TPSA) is 77.7 Å². The van der Waals surface area contributed by atoms with E-state index in [4.69, 9.17) is 4.74 Å². The Morgan fingerprint density at radius 2 is 1.97 bits per heavy atom. The third-order valence-electron chi connectivity index (χ3n) is 4.12. The zero-order valence-corrected chi connectivity index (χ0v) is 18.2. The number of halogens is 1. The van der Waals surface area contributed by atoms with Gasteiger partial charge in [0, 0.05) is 12.3 Å². The summed E-state index contributed by atoms with van der Waals surface area (Å²) >= 11 is 2.96. The van der Waals surface area contributed by atoms with Crippen LogP contribution in [0.2, 0.25) is 0 Å². The highest BCUT2D eigenvalue weighted by molar-refractivity contribution is 7.98. The molecule has 0 radical (unpaired) electrons. The van der Waals surface area contributed by atoms with Crippen LogP contribution in [0.15, 0.2) is 52.4 Å². The average Bonchev–Trinajstić information content (AvgIpc) is 3.01. The predicted octanol–water partition coefficient (Wildman–Crippen LogP) is 3.11. The number of benzene rings is 2. The number of aryl methyl sites for hydroxylation is 1. The summed E-state index contributed by atoms with van der Waals surface area (Å²) in [4.78, 5) is 16.8. The van der Waals surface area contributed by atoms with E-state index in [-0.39, 0.29) is 4.90 Å². The highest BCUT2D eigenvalue weighted by Gasteiger charge is 2.19. The summed E-state index contributed by atoms with van der Waals surface area (Å²) in [6.45, 7) is 0.629. The zero-order chi connectivity index (χ0) is 21.0. The first kappa shape index (κ1) is 21.5. The van der Waals surface area contributed by atoms with Gasteiger partial charge in [-0.3, -0.25) is 4.79 Å². The molecular formula is C19H19FN2O4S3. The van der Waals surface area contributed by atoms with Gasteiger partial charge in [0.1, 0.15) is 17.3 Å². The third kappa shape index (κ3) is 5.06. The standard InChI is InChI=1S/C19H19FN2O4S3/c1-26-14-5-8-16-17(11-14)28-19(22(16)9-10-27-2)21-18(23)12-29(24,25)15-6-3-13(20)4-7-15/h3-8,11H,9-10,12H2,1-2H3. The molecule has 2 aromatic carbocycles. The molecule has 1 aromatic heterocycles. The quantitative estimate of drug-likeness (QED) is 0.513. The maximum absolute atomic E-state index is 13.0. The lowest BCUT2D eigenvalue weighted by Crippen LogP contribution is -2.21. The van der Waals surface area contributed by atoms with Crippen LogP contribution in [0.5, 0.6) is 5.75 Å². The summed E-state index contributed by atoms with van der Waals surface area (Å²) in [7, 11) is -2.33. The van der Waals surface area contributed by atoms with E-state index in [0.717, 1.165) is 40.2 Å². The van der Waals surface area contributed by atoms with Crippen molar-refractivity contribution in [2.75, 3.05) is 24.9 Å². The minimum atomic E-state index is -3.91. The van der Waals surface area contributed by atoms with E-state index in [0.29, 0.717) is 17.1 Å². The van der Waals surface area contributed by atoms with Gasteiger partial charge in [0.2, 0.25) is 0 Å².